The van der Waals surface area contributed by atoms with Crippen molar-refractivity contribution in [3.05, 3.63) is 102 Å². The Kier molecular flexibility index (Phi) is 5.73. The number of anilines is 1. The molecule has 194 valence electrons. The lowest BCUT2D eigenvalue weighted by Crippen LogP contribution is -2.35. The Morgan fingerprint density at radius 3 is 1.97 bits per heavy atom. The Morgan fingerprint density at radius 2 is 1.28 bits per heavy atom. The highest BCUT2D eigenvalue weighted by Gasteiger charge is 2.35. The van der Waals surface area contributed by atoms with Crippen molar-refractivity contribution in [1.82, 2.24) is 4.90 Å². The fourth-order valence-corrected chi connectivity index (χ4v) is 6.08. The predicted octanol–water partition coefficient (Wildman–Crippen LogP) is 5.11. The van der Waals surface area contributed by atoms with Crippen molar-refractivity contribution in [2.45, 2.75) is 0 Å². The first kappa shape index (κ1) is 24.4. The monoisotopic (exact) mass is 538 g/mol. The SMILES string of the molecule is O=C1c2ccccc2C(=O)N1CCS(=O)(=O)Nc1cc(-c2c(O)ccc3ccccc23)c(O)c2ccccc12. The van der Waals surface area contributed by atoms with Crippen LogP contribution in [0.1, 0.15) is 20.7 Å². The molecule has 3 N–H and O–H groups in total. The number of carbonyl (C=O) groups is 2. The Labute approximate surface area is 223 Å². The molecule has 0 bridgehead atoms. The van der Waals surface area contributed by atoms with Crippen LogP contribution in [0.25, 0.3) is 32.7 Å². The normalized spacial score (nSPS) is 13.3. The van der Waals surface area contributed by atoms with Crippen LogP contribution >= 0.6 is 0 Å². The summed E-state index contributed by atoms with van der Waals surface area (Å²) in [6.45, 7) is -0.325. The molecule has 0 spiro atoms. The van der Waals surface area contributed by atoms with Crippen molar-refractivity contribution < 1.29 is 28.2 Å². The quantitative estimate of drug-likeness (QED) is 0.204. The second-order valence-corrected chi connectivity index (χ2v) is 11.1. The van der Waals surface area contributed by atoms with Crippen molar-refractivity contribution in [1.29, 1.82) is 0 Å². The van der Waals surface area contributed by atoms with Crippen LogP contribution in [0, 0.1) is 0 Å². The zero-order chi connectivity index (χ0) is 27.3. The summed E-state index contributed by atoms with van der Waals surface area (Å²) >= 11 is 0. The van der Waals surface area contributed by atoms with Crippen LogP contribution in [0.2, 0.25) is 0 Å². The van der Waals surface area contributed by atoms with Gasteiger partial charge in [0.05, 0.1) is 22.6 Å². The van der Waals surface area contributed by atoms with Crippen LogP contribution in [-0.2, 0) is 10.0 Å². The van der Waals surface area contributed by atoms with Gasteiger partial charge in [0.25, 0.3) is 11.8 Å². The van der Waals surface area contributed by atoms with E-state index in [1.807, 2.05) is 24.3 Å². The zero-order valence-corrected chi connectivity index (χ0v) is 21.3. The van der Waals surface area contributed by atoms with E-state index in [9.17, 15) is 28.2 Å². The lowest BCUT2D eigenvalue weighted by molar-refractivity contribution is 0.0664. The molecule has 0 unspecified atom stereocenters. The minimum atomic E-state index is -4.05. The van der Waals surface area contributed by atoms with E-state index in [4.69, 9.17) is 0 Å². The maximum Gasteiger partial charge on any atom is 0.261 e. The number of nitrogens with zero attached hydrogens (tertiary/aromatic N) is 1. The van der Waals surface area contributed by atoms with Crippen LogP contribution in [-0.4, -0.2) is 47.6 Å². The van der Waals surface area contributed by atoms with E-state index in [1.165, 1.54) is 24.3 Å². The van der Waals surface area contributed by atoms with Gasteiger partial charge >= 0.3 is 0 Å². The summed E-state index contributed by atoms with van der Waals surface area (Å²) in [5.74, 6) is -1.77. The Balaban J connectivity index is 1.38. The highest BCUT2D eigenvalue weighted by molar-refractivity contribution is 7.92. The van der Waals surface area contributed by atoms with Crippen molar-refractivity contribution in [2.75, 3.05) is 17.0 Å². The molecule has 1 aliphatic heterocycles. The van der Waals surface area contributed by atoms with E-state index in [0.717, 1.165) is 10.3 Å². The van der Waals surface area contributed by atoms with Gasteiger partial charge in [-0.3, -0.25) is 19.2 Å². The summed E-state index contributed by atoms with van der Waals surface area (Å²) in [7, 11) is -4.05. The molecule has 0 fully saturated rings. The molecule has 0 saturated heterocycles. The third-order valence-corrected chi connectivity index (χ3v) is 8.17. The fourth-order valence-electron chi connectivity index (χ4n) is 5.05. The number of rotatable bonds is 6. The number of fused-ring (bicyclic) bond motifs is 3. The lowest BCUT2D eigenvalue weighted by atomic mass is 9.93. The second-order valence-electron chi connectivity index (χ2n) is 9.28. The Bertz CT molecular complexity index is 1900. The highest BCUT2D eigenvalue weighted by atomic mass is 32.2. The summed E-state index contributed by atoms with van der Waals surface area (Å²) in [6, 6.07) is 25.3. The molecule has 9 heteroatoms. The van der Waals surface area contributed by atoms with Gasteiger partial charge in [-0.05, 0) is 35.0 Å². The van der Waals surface area contributed by atoms with Crippen molar-refractivity contribution >= 4 is 49.1 Å². The average molecular weight is 539 g/mol. The van der Waals surface area contributed by atoms with Gasteiger partial charge in [0.1, 0.15) is 11.5 Å². The highest BCUT2D eigenvalue weighted by Crippen LogP contribution is 2.46. The number of phenols is 2. The molecule has 5 aromatic rings. The number of amides is 2. The molecular weight excluding hydrogens is 516 g/mol. The molecule has 1 aliphatic rings. The van der Waals surface area contributed by atoms with Gasteiger partial charge < -0.3 is 10.2 Å². The summed E-state index contributed by atoms with van der Waals surface area (Å²) < 4.78 is 29.0. The first-order chi connectivity index (χ1) is 18.7. The fraction of sp³-hybridized carbons (Fsp3) is 0.0667. The molecule has 0 atom stereocenters. The first-order valence-corrected chi connectivity index (χ1v) is 13.8. The van der Waals surface area contributed by atoms with E-state index < -0.39 is 27.6 Å². The molecule has 0 saturated carbocycles. The number of phenolic OH excluding ortho intramolecular Hbond substituents is 2. The van der Waals surface area contributed by atoms with Gasteiger partial charge in [-0.1, -0.05) is 66.7 Å². The average Bonchev–Trinajstić information content (AvgIpc) is 3.18. The van der Waals surface area contributed by atoms with Crippen LogP contribution in [0.5, 0.6) is 11.5 Å². The molecular formula is C30H22N2O6S. The number of hydrogen-bond acceptors (Lipinski definition) is 6. The van der Waals surface area contributed by atoms with Gasteiger partial charge in [-0.15, -0.1) is 0 Å². The maximum absolute atomic E-state index is 13.2. The van der Waals surface area contributed by atoms with E-state index in [0.29, 0.717) is 21.7 Å². The third kappa shape index (κ3) is 4.13. The summed E-state index contributed by atoms with van der Waals surface area (Å²) in [6.07, 6.45) is 0. The second kappa shape index (κ2) is 9.14. The number of hydrogen-bond donors (Lipinski definition) is 3. The molecule has 2 amide bonds. The smallest absolute Gasteiger partial charge is 0.261 e. The minimum Gasteiger partial charge on any atom is -0.507 e. The molecule has 5 aromatic carbocycles. The topological polar surface area (TPSA) is 124 Å². The molecule has 0 aliphatic carbocycles. The number of imide groups is 1. The van der Waals surface area contributed by atoms with E-state index in [-0.39, 0.29) is 40.4 Å². The van der Waals surface area contributed by atoms with Crippen LogP contribution in [0.15, 0.2) is 91.0 Å². The standard InChI is InChI=1S/C30H22N2O6S/c33-26-14-13-18-7-1-2-8-19(18)27(26)24-17-25(20-9-3-4-10-21(20)28(24)34)31-39(37,38)16-15-32-29(35)22-11-5-6-12-23(22)30(32)36/h1-14,17,31,33-34H,15-16H2. The molecule has 0 aromatic heterocycles. The van der Waals surface area contributed by atoms with Crippen LogP contribution in [0.4, 0.5) is 5.69 Å². The molecule has 6 rings (SSSR count). The number of sulfonamides is 1. The van der Waals surface area contributed by atoms with E-state index in [2.05, 4.69) is 4.72 Å². The third-order valence-electron chi connectivity index (χ3n) is 6.92. The number of carbonyl (C=O) groups excluding carboxylic acids is 2. The van der Waals surface area contributed by atoms with E-state index >= 15 is 0 Å². The Hall–Kier alpha value is -4.89. The first-order valence-electron chi connectivity index (χ1n) is 12.2. The zero-order valence-electron chi connectivity index (χ0n) is 20.5. The van der Waals surface area contributed by atoms with E-state index in [1.54, 1.807) is 42.5 Å². The van der Waals surface area contributed by atoms with Gasteiger partial charge in [-0.2, -0.15) is 0 Å². The van der Waals surface area contributed by atoms with Crippen LogP contribution in [0.3, 0.4) is 0 Å². The molecule has 39 heavy (non-hydrogen) atoms. The minimum absolute atomic E-state index is 0.0706. The Morgan fingerprint density at radius 1 is 0.692 bits per heavy atom. The summed E-state index contributed by atoms with van der Waals surface area (Å²) in [5, 5.41) is 24.4. The largest absolute Gasteiger partial charge is 0.507 e. The van der Waals surface area contributed by atoms with Gasteiger partial charge in [0.2, 0.25) is 10.0 Å². The predicted molar refractivity (Wildman–Crippen MR) is 149 cm³/mol. The summed E-state index contributed by atoms with van der Waals surface area (Å²) in [5.41, 5.74) is 1.30. The van der Waals surface area contributed by atoms with Gasteiger partial charge in [-0.25, -0.2) is 8.42 Å². The number of nitrogens with one attached hydrogen (secondary N) is 1. The maximum atomic E-state index is 13.2. The molecule has 8 nitrogen and oxygen atoms in total. The molecule has 0 radical (unpaired) electrons. The van der Waals surface area contributed by atoms with Crippen molar-refractivity contribution in [2.24, 2.45) is 0 Å². The van der Waals surface area contributed by atoms with Gasteiger partial charge in [0.15, 0.2) is 0 Å². The summed E-state index contributed by atoms with van der Waals surface area (Å²) in [4.78, 5) is 26.3. The number of aromatic hydroxyl groups is 2. The number of benzene rings is 5. The van der Waals surface area contributed by atoms with Gasteiger partial charge in [0, 0.05) is 28.4 Å². The van der Waals surface area contributed by atoms with Crippen molar-refractivity contribution in [3.63, 3.8) is 0 Å². The van der Waals surface area contributed by atoms with Crippen LogP contribution < -0.4 is 4.72 Å². The van der Waals surface area contributed by atoms with Crippen molar-refractivity contribution in [3.8, 4) is 22.6 Å². The molecule has 1 heterocycles. The lowest BCUT2D eigenvalue weighted by Gasteiger charge is -2.18.